The summed E-state index contributed by atoms with van der Waals surface area (Å²) in [5.41, 5.74) is 0.204. The van der Waals surface area contributed by atoms with Crippen LogP contribution in [0.1, 0.15) is 5.56 Å². The quantitative estimate of drug-likeness (QED) is 0.602. The van der Waals surface area contributed by atoms with Crippen LogP contribution in [0.25, 0.3) is 0 Å². The lowest BCUT2D eigenvalue weighted by Crippen LogP contribution is -2.08. The minimum absolute atomic E-state index is 0.0608. The zero-order valence-corrected chi connectivity index (χ0v) is 7.46. The molecule has 0 unspecified atom stereocenters. The molecule has 1 N–H and O–H groups in total. The number of hydrogen-bond donors (Lipinski definition) is 1. The first kappa shape index (κ1) is 10.4. The van der Waals surface area contributed by atoms with E-state index in [1.165, 1.54) is 19.2 Å². The molecule has 0 heterocycles. The highest BCUT2D eigenvalue weighted by Gasteiger charge is 2.12. The molecule has 0 atom stereocenters. The molecule has 0 aromatic heterocycles. The third-order valence-corrected chi connectivity index (χ3v) is 1.55. The zero-order valence-electron chi connectivity index (χ0n) is 7.46. The molecule has 0 radical (unpaired) electrons. The highest BCUT2D eigenvalue weighted by molar-refractivity contribution is 5.94. The first-order valence-electron chi connectivity index (χ1n) is 3.82. The predicted octanol–water partition coefficient (Wildman–Crippen LogP) is 2.26. The fraction of sp³-hybridized carbons (Fsp3) is 0.222. The van der Waals surface area contributed by atoms with Gasteiger partial charge in [0.05, 0.1) is 12.7 Å². The van der Waals surface area contributed by atoms with Gasteiger partial charge in [-0.3, -0.25) is 5.41 Å². The average Bonchev–Trinajstić information content (AvgIpc) is 2.16. The second-order valence-electron chi connectivity index (χ2n) is 2.41. The molecule has 0 aliphatic carbocycles. The van der Waals surface area contributed by atoms with Gasteiger partial charge in [-0.25, -0.2) is 0 Å². The van der Waals surface area contributed by atoms with Crippen LogP contribution in [0, 0.1) is 5.41 Å². The molecule has 0 aliphatic heterocycles. The van der Waals surface area contributed by atoms with E-state index in [4.69, 9.17) is 5.41 Å². The summed E-state index contributed by atoms with van der Waals surface area (Å²) in [6.07, 6.45) is 0. The summed E-state index contributed by atoms with van der Waals surface area (Å²) in [5.74, 6) is -0.268. The number of hydrogen-bond acceptors (Lipinski definition) is 3. The lowest BCUT2D eigenvalue weighted by atomic mass is 10.2. The van der Waals surface area contributed by atoms with E-state index in [2.05, 4.69) is 9.47 Å². The predicted molar refractivity (Wildman–Crippen MR) is 46.9 cm³/mol. The van der Waals surface area contributed by atoms with Gasteiger partial charge in [-0.15, -0.1) is 0 Å². The fourth-order valence-electron chi connectivity index (χ4n) is 0.963. The van der Waals surface area contributed by atoms with Crippen LogP contribution >= 0.6 is 0 Å². The van der Waals surface area contributed by atoms with Crippen molar-refractivity contribution < 1.29 is 18.3 Å². The van der Waals surface area contributed by atoms with Crippen molar-refractivity contribution in [1.82, 2.24) is 0 Å². The zero-order chi connectivity index (χ0) is 10.6. The molecule has 0 saturated heterocycles. The minimum atomic E-state index is -2.90. The molecule has 0 saturated carbocycles. The van der Waals surface area contributed by atoms with E-state index < -0.39 is 6.61 Å². The van der Waals surface area contributed by atoms with Gasteiger partial charge in [0.1, 0.15) is 5.75 Å². The summed E-state index contributed by atoms with van der Waals surface area (Å²) >= 11 is 0. The lowest BCUT2D eigenvalue weighted by Gasteiger charge is -2.09. The van der Waals surface area contributed by atoms with Crippen LogP contribution in [-0.2, 0) is 4.74 Å². The van der Waals surface area contributed by atoms with Crippen LogP contribution in [0.2, 0.25) is 0 Å². The molecule has 0 bridgehead atoms. The van der Waals surface area contributed by atoms with Crippen molar-refractivity contribution in [2.45, 2.75) is 6.61 Å². The Morgan fingerprint density at radius 2 is 2.00 bits per heavy atom. The van der Waals surface area contributed by atoms with Gasteiger partial charge in [-0.1, -0.05) is 12.1 Å². The maximum atomic E-state index is 11.9. The first-order chi connectivity index (χ1) is 6.65. The van der Waals surface area contributed by atoms with Crippen LogP contribution in [0.4, 0.5) is 8.78 Å². The van der Waals surface area contributed by atoms with E-state index in [0.717, 1.165) is 0 Å². The second-order valence-corrected chi connectivity index (χ2v) is 2.41. The number of alkyl halides is 2. The third-order valence-electron chi connectivity index (χ3n) is 1.55. The van der Waals surface area contributed by atoms with Crippen molar-refractivity contribution in [2.24, 2.45) is 0 Å². The maximum absolute atomic E-state index is 11.9. The summed E-state index contributed by atoms with van der Waals surface area (Å²) in [5, 5.41) is 7.32. The molecule has 1 aromatic rings. The molecule has 3 nitrogen and oxygen atoms in total. The van der Waals surface area contributed by atoms with E-state index >= 15 is 0 Å². The Balaban J connectivity index is 2.97. The van der Waals surface area contributed by atoms with Crippen molar-refractivity contribution >= 4 is 5.90 Å². The van der Waals surface area contributed by atoms with Gasteiger partial charge < -0.3 is 9.47 Å². The number of nitrogens with one attached hydrogen (secondary N) is 1. The molecule has 0 aliphatic rings. The number of rotatable bonds is 3. The van der Waals surface area contributed by atoms with Crippen molar-refractivity contribution in [1.29, 1.82) is 5.41 Å². The van der Waals surface area contributed by atoms with Crippen LogP contribution in [-0.4, -0.2) is 19.6 Å². The average molecular weight is 201 g/mol. The molecule has 5 heteroatoms. The number of methoxy groups -OCH3 is 1. The van der Waals surface area contributed by atoms with Crippen LogP contribution in [0.5, 0.6) is 5.75 Å². The Hall–Kier alpha value is -1.65. The van der Waals surface area contributed by atoms with Crippen molar-refractivity contribution in [3.63, 3.8) is 0 Å². The number of halogens is 2. The Morgan fingerprint density at radius 1 is 1.36 bits per heavy atom. The molecule has 1 rings (SSSR count). The van der Waals surface area contributed by atoms with E-state index in [1.807, 2.05) is 0 Å². The summed E-state index contributed by atoms with van der Waals surface area (Å²) < 4.78 is 32.7. The molecule has 76 valence electrons. The van der Waals surface area contributed by atoms with E-state index in [9.17, 15) is 8.78 Å². The SMILES string of the molecule is COC(=N)c1ccccc1OC(F)F. The topological polar surface area (TPSA) is 42.3 Å². The molecular formula is C9H9F2NO2. The second kappa shape index (κ2) is 4.55. The van der Waals surface area contributed by atoms with Gasteiger partial charge in [0.25, 0.3) is 0 Å². The van der Waals surface area contributed by atoms with Crippen molar-refractivity contribution in [3.05, 3.63) is 29.8 Å². The fourth-order valence-corrected chi connectivity index (χ4v) is 0.963. The Bertz CT molecular complexity index is 328. The Kier molecular flexibility index (Phi) is 3.39. The summed E-state index contributed by atoms with van der Waals surface area (Å²) in [6.45, 7) is -2.90. The Morgan fingerprint density at radius 3 is 2.57 bits per heavy atom. The smallest absolute Gasteiger partial charge is 0.387 e. The standard InChI is InChI=1S/C9H9F2NO2/c1-13-8(12)6-4-2-3-5-7(6)14-9(10)11/h2-5,9,12H,1H3. The van der Waals surface area contributed by atoms with Crippen molar-refractivity contribution in [2.75, 3.05) is 7.11 Å². The van der Waals surface area contributed by atoms with Gasteiger partial charge >= 0.3 is 6.61 Å². The highest BCUT2D eigenvalue weighted by Crippen LogP contribution is 2.20. The van der Waals surface area contributed by atoms with Crippen LogP contribution < -0.4 is 4.74 Å². The number of ether oxygens (including phenoxy) is 2. The van der Waals surface area contributed by atoms with Crippen LogP contribution in [0.3, 0.4) is 0 Å². The summed E-state index contributed by atoms with van der Waals surface area (Å²) in [7, 11) is 1.29. The third kappa shape index (κ3) is 2.42. The normalized spacial score (nSPS) is 10.0. The largest absolute Gasteiger partial charge is 0.481 e. The maximum Gasteiger partial charge on any atom is 0.387 e. The molecule has 0 amide bonds. The van der Waals surface area contributed by atoms with Crippen molar-refractivity contribution in [3.8, 4) is 5.75 Å². The molecule has 14 heavy (non-hydrogen) atoms. The Labute approximate surface area is 79.8 Å². The van der Waals surface area contributed by atoms with Gasteiger partial charge in [0.2, 0.25) is 5.90 Å². The van der Waals surface area contributed by atoms with Crippen LogP contribution in [0.15, 0.2) is 24.3 Å². The monoisotopic (exact) mass is 201 g/mol. The van der Waals surface area contributed by atoms with Gasteiger partial charge in [-0.05, 0) is 12.1 Å². The van der Waals surface area contributed by atoms with E-state index in [1.54, 1.807) is 12.1 Å². The highest BCUT2D eigenvalue weighted by atomic mass is 19.3. The number of benzene rings is 1. The van der Waals surface area contributed by atoms with Gasteiger partial charge in [-0.2, -0.15) is 8.78 Å². The van der Waals surface area contributed by atoms with E-state index in [0.29, 0.717) is 0 Å². The molecular weight excluding hydrogens is 192 g/mol. The van der Waals surface area contributed by atoms with E-state index in [-0.39, 0.29) is 17.2 Å². The first-order valence-corrected chi connectivity index (χ1v) is 3.82. The van der Waals surface area contributed by atoms with Gasteiger partial charge in [0, 0.05) is 0 Å². The van der Waals surface area contributed by atoms with Gasteiger partial charge in [0.15, 0.2) is 0 Å². The lowest BCUT2D eigenvalue weighted by molar-refractivity contribution is -0.0500. The summed E-state index contributed by atoms with van der Waals surface area (Å²) in [4.78, 5) is 0. The summed E-state index contributed by atoms with van der Waals surface area (Å²) in [6, 6.07) is 5.99. The molecule has 0 fully saturated rings. The molecule has 1 aromatic carbocycles. The number of para-hydroxylation sites is 1. The molecule has 0 spiro atoms. The minimum Gasteiger partial charge on any atom is -0.481 e.